The average molecular weight is 348 g/mol. The van der Waals surface area contributed by atoms with Gasteiger partial charge in [0.2, 0.25) is 5.91 Å². The molecule has 0 aromatic heterocycles. The molecule has 1 aromatic rings. The van der Waals surface area contributed by atoms with Gasteiger partial charge in [-0.3, -0.25) is 9.69 Å². The largest absolute Gasteiger partial charge is 0.494 e. The first-order chi connectivity index (χ1) is 12.1. The molecular weight excluding hydrogens is 316 g/mol. The van der Waals surface area contributed by atoms with Gasteiger partial charge in [-0.2, -0.15) is 0 Å². The number of rotatable bonds is 9. The number of benzene rings is 1. The number of aryl methyl sites for hydroxylation is 1. The van der Waals surface area contributed by atoms with Gasteiger partial charge in [-0.05, 0) is 30.9 Å². The number of hydrogen-bond donors (Lipinski definition) is 1. The Morgan fingerprint density at radius 2 is 2.20 bits per heavy atom. The van der Waals surface area contributed by atoms with Crippen LogP contribution in [0.25, 0.3) is 0 Å². The van der Waals surface area contributed by atoms with Crippen molar-refractivity contribution in [3.63, 3.8) is 0 Å². The van der Waals surface area contributed by atoms with Crippen molar-refractivity contribution in [3.8, 4) is 5.75 Å². The highest BCUT2D eigenvalue weighted by atomic mass is 16.5. The van der Waals surface area contributed by atoms with E-state index in [-0.39, 0.29) is 12.0 Å². The van der Waals surface area contributed by atoms with Crippen LogP contribution in [0.4, 0.5) is 0 Å². The lowest BCUT2D eigenvalue weighted by molar-refractivity contribution is -0.122. The van der Waals surface area contributed by atoms with Crippen molar-refractivity contribution in [2.45, 2.75) is 39.7 Å². The molecule has 5 heteroatoms. The maximum atomic E-state index is 12.2. The predicted octanol–water partition coefficient (Wildman–Crippen LogP) is 2.49. The van der Waals surface area contributed by atoms with E-state index in [1.165, 1.54) is 0 Å². The van der Waals surface area contributed by atoms with Gasteiger partial charge >= 0.3 is 0 Å². The lowest BCUT2D eigenvalue weighted by Crippen LogP contribution is -2.48. The minimum Gasteiger partial charge on any atom is -0.494 e. The Morgan fingerprint density at radius 3 is 2.96 bits per heavy atom. The summed E-state index contributed by atoms with van der Waals surface area (Å²) in [5.74, 6) is 1.59. The first-order valence-electron chi connectivity index (χ1n) is 9.39. The predicted molar refractivity (Wildman–Crippen MR) is 100.0 cm³/mol. The molecule has 1 saturated heterocycles. The monoisotopic (exact) mass is 348 g/mol. The first kappa shape index (κ1) is 19.7. The van der Waals surface area contributed by atoms with Crippen molar-refractivity contribution in [3.05, 3.63) is 29.8 Å². The molecule has 0 bridgehead atoms. The molecule has 25 heavy (non-hydrogen) atoms. The summed E-state index contributed by atoms with van der Waals surface area (Å²) in [7, 11) is 0. The molecule has 1 atom stereocenters. The van der Waals surface area contributed by atoms with Crippen LogP contribution in [-0.2, 0) is 16.0 Å². The highest BCUT2D eigenvalue weighted by Crippen LogP contribution is 2.19. The summed E-state index contributed by atoms with van der Waals surface area (Å²) in [5, 5.41) is 3.02. The van der Waals surface area contributed by atoms with E-state index < -0.39 is 0 Å². The fourth-order valence-electron chi connectivity index (χ4n) is 3.16. The molecule has 1 aliphatic heterocycles. The SMILES string of the molecule is CCOc1ccccc1CCC(=O)NCC1CN(CC(C)C)CCO1. The van der Waals surface area contributed by atoms with Crippen molar-refractivity contribution in [1.29, 1.82) is 0 Å². The normalized spacial score (nSPS) is 18.3. The van der Waals surface area contributed by atoms with Crippen LogP contribution in [0, 0.1) is 5.92 Å². The third kappa shape index (κ3) is 7.04. The summed E-state index contributed by atoms with van der Waals surface area (Å²) >= 11 is 0. The Hall–Kier alpha value is -1.59. The number of amides is 1. The van der Waals surface area contributed by atoms with E-state index in [0.717, 1.165) is 37.6 Å². The summed E-state index contributed by atoms with van der Waals surface area (Å²) in [6.45, 7) is 11.4. The molecule has 1 heterocycles. The second-order valence-corrected chi connectivity index (χ2v) is 6.99. The van der Waals surface area contributed by atoms with E-state index >= 15 is 0 Å². The first-order valence-corrected chi connectivity index (χ1v) is 9.39. The number of carbonyl (C=O) groups excluding carboxylic acids is 1. The zero-order valence-electron chi connectivity index (χ0n) is 15.8. The van der Waals surface area contributed by atoms with Gasteiger partial charge in [0.25, 0.3) is 0 Å². The molecule has 1 aromatic carbocycles. The van der Waals surface area contributed by atoms with E-state index in [4.69, 9.17) is 9.47 Å². The van der Waals surface area contributed by atoms with Crippen LogP contribution in [0.3, 0.4) is 0 Å². The van der Waals surface area contributed by atoms with Crippen molar-refractivity contribution in [1.82, 2.24) is 10.2 Å². The Morgan fingerprint density at radius 1 is 1.40 bits per heavy atom. The van der Waals surface area contributed by atoms with Gasteiger partial charge in [-0.25, -0.2) is 0 Å². The van der Waals surface area contributed by atoms with Crippen LogP contribution in [-0.4, -0.2) is 56.3 Å². The minimum atomic E-state index is 0.0656. The molecule has 0 aliphatic carbocycles. The smallest absolute Gasteiger partial charge is 0.220 e. The number of morpholine rings is 1. The molecule has 1 aliphatic rings. The minimum absolute atomic E-state index is 0.0656. The number of hydrogen-bond acceptors (Lipinski definition) is 4. The van der Waals surface area contributed by atoms with Gasteiger partial charge in [0.15, 0.2) is 0 Å². The molecule has 2 rings (SSSR count). The van der Waals surface area contributed by atoms with Gasteiger partial charge < -0.3 is 14.8 Å². The van der Waals surface area contributed by atoms with Crippen LogP contribution in [0.1, 0.15) is 32.8 Å². The fraction of sp³-hybridized carbons (Fsp3) is 0.650. The van der Waals surface area contributed by atoms with Crippen LogP contribution in [0.5, 0.6) is 5.75 Å². The number of carbonyl (C=O) groups is 1. The van der Waals surface area contributed by atoms with Crippen molar-refractivity contribution < 1.29 is 14.3 Å². The van der Waals surface area contributed by atoms with Gasteiger partial charge in [-0.15, -0.1) is 0 Å². The van der Waals surface area contributed by atoms with E-state index in [2.05, 4.69) is 24.1 Å². The molecule has 140 valence electrons. The van der Waals surface area contributed by atoms with Crippen LogP contribution < -0.4 is 10.1 Å². The van der Waals surface area contributed by atoms with Gasteiger partial charge in [0.05, 0.1) is 19.3 Å². The highest BCUT2D eigenvalue weighted by molar-refractivity contribution is 5.76. The number of nitrogens with one attached hydrogen (secondary N) is 1. The topological polar surface area (TPSA) is 50.8 Å². The quantitative estimate of drug-likeness (QED) is 0.745. The van der Waals surface area contributed by atoms with Crippen molar-refractivity contribution in [2.24, 2.45) is 5.92 Å². The Labute approximate surface area is 151 Å². The number of para-hydroxylation sites is 1. The Balaban J connectivity index is 1.72. The summed E-state index contributed by atoms with van der Waals surface area (Å²) < 4.78 is 11.4. The number of nitrogens with zero attached hydrogens (tertiary/aromatic N) is 1. The average Bonchev–Trinajstić information content (AvgIpc) is 2.59. The third-order valence-corrected chi connectivity index (χ3v) is 4.27. The third-order valence-electron chi connectivity index (χ3n) is 4.27. The summed E-state index contributed by atoms with van der Waals surface area (Å²) in [6.07, 6.45) is 1.24. The summed E-state index contributed by atoms with van der Waals surface area (Å²) in [5.41, 5.74) is 1.08. The van der Waals surface area contributed by atoms with Crippen LogP contribution in [0.15, 0.2) is 24.3 Å². The van der Waals surface area contributed by atoms with Gasteiger partial charge in [-0.1, -0.05) is 32.0 Å². The molecule has 1 N–H and O–H groups in total. The molecule has 1 unspecified atom stereocenters. The van der Waals surface area contributed by atoms with E-state index in [0.29, 0.717) is 31.9 Å². The molecular formula is C20H32N2O3. The van der Waals surface area contributed by atoms with Crippen molar-refractivity contribution in [2.75, 3.05) is 39.4 Å². The maximum Gasteiger partial charge on any atom is 0.220 e. The van der Waals surface area contributed by atoms with E-state index in [1.807, 2.05) is 31.2 Å². The fourth-order valence-corrected chi connectivity index (χ4v) is 3.16. The highest BCUT2D eigenvalue weighted by Gasteiger charge is 2.21. The molecule has 1 amide bonds. The van der Waals surface area contributed by atoms with E-state index in [9.17, 15) is 4.79 Å². The van der Waals surface area contributed by atoms with Crippen LogP contribution >= 0.6 is 0 Å². The maximum absolute atomic E-state index is 12.2. The lowest BCUT2D eigenvalue weighted by Gasteiger charge is -2.33. The lowest BCUT2D eigenvalue weighted by atomic mass is 10.1. The number of ether oxygens (including phenoxy) is 2. The zero-order chi connectivity index (χ0) is 18.1. The second-order valence-electron chi connectivity index (χ2n) is 6.99. The zero-order valence-corrected chi connectivity index (χ0v) is 15.8. The Bertz CT molecular complexity index is 533. The summed E-state index contributed by atoms with van der Waals surface area (Å²) in [4.78, 5) is 14.6. The standard InChI is InChI=1S/C20H32N2O3/c1-4-24-19-8-6-5-7-17(19)9-10-20(23)21-13-18-15-22(11-12-25-18)14-16(2)3/h5-8,16,18H,4,9-15H2,1-3H3,(H,21,23). The van der Waals surface area contributed by atoms with E-state index in [1.54, 1.807) is 0 Å². The second kappa shape index (κ2) is 10.4. The molecule has 0 spiro atoms. The van der Waals surface area contributed by atoms with Gasteiger partial charge in [0, 0.05) is 32.6 Å². The van der Waals surface area contributed by atoms with Crippen LogP contribution in [0.2, 0.25) is 0 Å². The molecule has 5 nitrogen and oxygen atoms in total. The van der Waals surface area contributed by atoms with Crippen molar-refractivity contribution >= 4 is 5.91 Å². The molecule has 0 saturated carbocycles. The van der Waals surface area contributed by atoms with Gasteiger partial charge in [0.1, 0.15) is 5.75 Å². The molecule has 0 radical (unpaired) electrons. The Kier molecular flexibility index (Phi) is 8.22. The molecule has 1 fully saturated rings. The summed E-state index contributed by atoms with van der Waals surface area (Å²) in [6, 6.07) is 7.91.